The molecule has 7 heteroatoms. The van der Waals surface area contributed by atoms with Gasteiger partial charge in [0.25, 0.3) is 0 Å². The molecule has 1 saturated carbocycles. The van der Waals surface area contributed by atoms with Gasteiger partial charge in [-0.3, -0.25) is 0 Å². The van der Waals surface area contributed by atoms with Crippen molar-refractivity contribution in [2.75, 3.05) is 31.7 Å². The van der Waals surface area contributed by atoms with E-state index in [-0.39, 0.29) is 31.0 Å². The minimum absolute atomic E-state index is 0.151. The highest BCUT2D eigenvalue weighted by atomic mass is 19.4. The Kier molecular flexibility index (Phi) is 7.67. The molecule has 4 nitrogen and oxygen atoms in total. The lowest BCUT2D eigenvalue weighted by Gasteiger charge is -2.41. The third-order valence-corrected chi connectivity index (χ3v) is 5.40. The third kappa shape index (κ3) is 6.37. The molecule has 2 fully saturated rings. The first-order chi connectivity index (χ1) is 14.2. The van der Waals surface area contributed by atoms with E-state index in [4.69, 9.17) is 14.2 Å². The van der Waals surface area contributed by atoms with Crippen LogP contribution in [0.3, 0.4) is 0 Å². The SMILES string of the molecule is COCC#Cc1cc(N2CCC(OC3CC(OC(C)C)C3)CC2)cc(C(F)(F)F)c1. The molecule has 0 radical (unpaired) electrons. The molecular weight excluding hydrogens is 395 g/mol. The van der Waals surface area contributed by atoms with Gasteiger partial charge in [-0.25, -0.2) is 0 Å². The van der Waals surface area contributed by atoms with Crippen molar-refractivity contribution in [3.8, 4) is 11.8 Å². The summed E-state index contributed by atoms with van der Waals surface area (Å²) < 4.78 is 56.8. The molecule has 1 aliphatic heterocycles. The molecule has 1 aromatic carbocycles. The van der Waals surface area contributed by atoms with E-state index in [1.54, 1.807) is 6.07 Å². The van der Waals surface area contributed by atoms with E-state index in [9.17, 15) is 13.2 Å². The van der Waals surface area contributed by atoms with E-state index in [1.165, 1.54) is 13.2 Å². The highest BCUT2D eigenvalue weighted by Gasteiger charge is 2.35. The monoisotopic (exact) mass is 425 g/mol. The average Bonchev–Trinajstić information content (AvgIpc) is 2.66. The molecule has 0 amide bonds. The number of hydrogen-bond acceptors (Lipinski definition) is 4. The normalized spacial score (nSPS) is 22.6. The number of ether oxygens (including phenoxy) is 3. The number of rotatable bonds is 6. The van der Waals surface area contributed by atoms with Crippen molar-refractivity contribution in [2.24, 2.45) is 0 Å². The van der Waals surface area contributed by atoms with E-state index in [1.807, 2.05) is 18.7 Å². The van der Waals surface area contributed by atoms with Crippen LogP contribution in [0.5, 0.6) is 0 Å². The molecular formula is C23H30F3NO3. The number of benzene rings is 1. The van der Waals surface area contributed by atoms with Gasteiger partial charge in [0, 0.05) is 31.5 Å². The second-order valence-corrected chi connectivity index (χ2v) is 8.22. The fourth-order valence-corrected chi connectivity index (χ4v) is 3.89. The quantitative estimate of drug-likeness (QED) is 0.621. The molecule has 1 aliphatic carbocycles. The van der Waals surface area contributed by atoms with Crippen LogP contribution in [0.2, 0.25) is 0 Å². The van der Waals surface area contributed by atoms with Gasteiger partial charge in [0.15, 0.2) is 0 Å². The molecule has 1 heterocycles. The number of halogens is 3. The average molecular weight is 425 g/mol. The molecule has 0 unspecified atom stereocenters. The zero-order valence-corrected chi connectivity index (χ0v) is 17.8. The van der Waals surface area contributed by atoms with Gasteiger partial charge >= 0.3 is 6.18 Å². The van der Waals surface area contributed by atoms with Gasteiger partial charge in [-0.05, 0) is 57.7 Å². The fourth-order valence-electron chi connectivity index (χ4n) is 3.89. The van der Waals surface area contributed by atoms with Crippen LogP contribution in [0.25, 0.3) is 0 Å². The number of hydrogen-bond donors (Lipinski definition) is 0. The van der Waals surface area contributed by atoms with E-state index in [0.29, 0.717) is 24.3 Å². The van der Waals surface area contributed by atoms with E-state index in [2.05, 4.69) is 11.8 Å². The molecule has 0 spiro atoms. The summed E-state index contributed by atoms with van der Waals surface area (Å²) in [7, 11) is 1.50. The van der Waals surface area contributed by atoms with Crippen molar-refractivity contribution in [3.63, 3.8) is 0 Å². The van der Waals surface area contributed by atoms with Crippen LogP contribution in [0.4, 0.5) is 18.9 Å². The largest absolute Gasteiger partial charge is 0.416 e. The van der Waals surface area contributed by atoms with Crippen LogP contribution in [0.15, 0.2) is 18.2 Å². The smallest absolute Gasteiger partial charge is 0.375 e. The zero-order chi connectivity index (χ0) is 21.7. The van der Waals surface area contributed by atoms with Crippen LogP contribution in [-0.4, -0.2) is 51.2 Å². The number of piperidine rings is 1. The molecule has 0 bridgehead atoms. The van der Waals surface area contributed by atoms with Gasteiger partial charge in [0.2, 0.25) is 0 Å². The minimum atomic E-state index is -4.41. The predicted octanol–water partition coefficient (Wildman–Crippen LogP) is 4.64. The van der Waals surface area contributed by atoms with Crippen molar-refractivity contribution < 1.29 is 27.4 Å². The molecule has 2 aliphatic rings. The van der Waals surface area contributed by atoms with Gasteiger partial charge in [-0.15, -0.1) is 0 Å². The molecule has 0 aromatic heterocycles. The number of methoxy groups -OCH3 is 1. The Hall–Kier alpha value is -1.75. The summed E-state index contributed by atoms with van der Waals surface area (Å²) >= 11 is 0. The Morgan fingerprint density at radius 2 is 1.77 bits per heavy atom. The molecule has 3 rings (SSSR count). The maximum Gasteiger partial charge on any atom is 0.416 e. The van der Waals surface area contributed by atoms with Gasteiger partial charge in [0.1, 0.15) is 6.61 Å². The van der Waals surface area contributed by atoms with Gasteiger partial charge in [0.05, 0.1) is 30.0 Å². The summed E-state index contributed by atoms with van der Waals surface area (Å²) in [5.74, 6) is 5.50. The van der Waals surface area contributed by atoms with Gasteiger partial charge in [-0.2, -0.15) is 13.2 Å². The Balaban J connectivity index is 1.58. The Bertz CT molecular complexity index is 755. The highest BCUT2D eigenvalue weighted by Crippen LogP contribution is 2.35. The fraction of sp³-hybridized carbons (Fsp3) is 0.652. The Morgan fingerprint density at radius 1 is 1.07 bits per heavy atom. The van der Waals surface area contributed by atoms with Crippen LogP contribution >= 0.6 is 0 Å². The summed E-state index contributed by atoms with van der Waals surface area (Å²) in [5.41, 5.74) is 0.227. The van der Waals surface area contributed by atoms with Gasteiger partial charge in [-0.1, -0.05) is 11.8 Å². The lowest BCUT2D eigenvalue weighted by molar-refractivity contribution is -0.141. The summed E-state index contributed by atoms with van der Waals surface area (Å²) in [6.45, 7) is 5.57. The summed E-state index contributed by atoms with van der Waals surface area (Å²) in [4.78, 5) is 1.99. The van der Waals surface area contributed by atoms with E-state index >= 15 is 0 Å². The molecule has 0 atom stereocenters. The van der Waals surface area contributed by atoms with Crippen LogP contribution in [0, 0.1) is 11.8 Å². The minimum Gasteiger partial charge on any atom is -0.375 e. The molecule has 30 heavy (non-hydrogen) atoms. The first-order valence-corrected chi connectivity index (χ1v) is 10.5. The maximum absolute atomic E-state index is 13.3. The summed E-state index contributed by atoms with van der Waals surface area (Å²) in [6.07, 6.45) is -0.0488. The standard InChI is InChI=1S/C23H30F3NO3/c1-16(2)29-21-14-22(15-21)30-20-6-8-27(9-7-20)19-12-17(5-4-10-28-3)11-18(13-19)23(24,25)26/h11-13,16,20-22H,6-10,14-15H2,1-3H3. The summed E-state index contributed by atoms with van der Waals surface area (Å²) in [5, 5.41) is 0. The molecule has 1 aromatic rings. The molecule has 166 valence electrons. The Labute approximate surface area is 176 Å². The van der Waals surface area contributed by atoms with Crippen LogP contribution in [0.1, 0.15) is 50.7 Å². The molecule has 0 N–H and O–H groups in total. The predicted molar refractivity (Wildman–Crippen MR) is 110 cm³/mol. The number of nitrogens with zero attached hydrogens (tertiary/aromatic N) is 1. The van der Waals surface area contributed by atoms with Crippen molar-refractivity contribution in [2.45, 2.75) is 70.1 Å². The second-order valence-electron chi connectivity index (χ2n) is 8.22. The van der Waals surface area contributed by atoms with E-state index < -0.39 is 11.7 Å². The lowest BCUT2D eigenvalue weighted by atomic mass is 9.91. The number of anilines is 1. The van der Waals surface area contributed by atoms with Gasteiger partial charge < -0.3 is 19.1 Å². The highest BCUT2D eigenvalue weighted by molar-refractivity contribution is 5.56. The first kappa shape index (κ1) is 22.9. The second kappa shape index (κ2) is 10.0. The third-order valence-electron chi connectivity index (χ3n) is 5.40. The lowest BCUT2D eigenvalue weighted by Crippen LogP contribution is -2.44. The first-order valence-electron chi connectivity index (χ1n) is 10.5. The van der Waals surface area contributed by atoms with Crippen molar-refractivity contribution in [1.29, 1.82) is 0 Å². The zero-order valence-electron chi connectivity index (χ0n) is 17.8. The molecule has 1 saturated heterocycles. The maximum atomic E-state index is 13.3. The van der Waals surface area contributed by atoms with Crippen LogP contribution in [-0.2, 0) is 20.4 Å². The van der Waals surface area contributed by atoms with Crippen LogP contribution < -0.4 is 4.90 Å². The summed E-state index contributed by atoms with van der Waals surface area (Å²) in [6, 6.07) is 4.02. The number of alkyl halides is 3. The van der Waals surface area contributed by atoms with Crippen molar-refractivity contribution in [3.05, 3.63) is 29.3 Å². The van der Waals surface area contributed by atoms with Crippen molar-refractivity contribution >= 4 is 5.69 Å². The Morgan fingerprint density at radius 3 is 2.37 bits per heavy atom. The van der Waals surface area contributed by atoms with E-state index in [0.717, 1.165) is 31.7 Å². The topological polar surface area (TPSA) is 30.9 Å². The van der Waals surface area contributed by atoms with Crippen molar-refractivity contribution in [1.82, 2.24) is 0 Å².